The van der Waals surface area contributed by atoms with Crippen molar-refractivity contribution in [3.05, 3.63) is 82.9 Å². The Hall–Kier alpha value is -3.67. The maximum absolute atomic E-state index is 12.8. The highest BCUT2D eigenvalue weighted by Gasteiger charge is 2.19. The summed E-state index contributed by atoms with van der Waals surface area (Å²) in [6.45, 7) is 7.25. The Bertz CT molecular complexity index is 1150. The van der Waals surface area contributed by atoms with E-state index in [0.717, 1.165) is 22.4 Å². The zero-order valence-electron chi connectivity index (χ0n) is 21.4. The van der Waals surface area contributed by atoms with Gasteiger partial charge < -0.3 is 24.3 Å². The lowest BCUT2D eigenvalue weighted by molar-refractivity contribution is 0.0954. The van der Waals surface area contributed by atoms with Gasteiger partial charge in [0.1, 0.15) is 18.1 Å². The summed E-state index contributed by atoms with van der Waals surface area (Å²) in [5.74, 6) is 2.71. The molecule has 0 atom stereocenters. The van der Waals surface area contributed by atoms with Crippen LogP contribution in [0.2, 0.25) is 0 Å². The van der Waals surface area contributed by atoms with Crippen molar-refractivity contribution in [2.75, 3.05) is 27.9 Å². The molecule has 0 bridgehead atoms. The van der Waals surface area contributed by atoms with E-state index < -0.39 is 0 Å². The molecule has 0 saturated carbocycles. The second-order valence-electron chi connectivity index (χ2n) is 9.26. The van der Waals surface area contributed by atoms with E-state index in [0.29, 0.717) is 42.4 Å². The van der Waals surface area contributed by atoms with Crippen molar-refractivity contribution in [3.8, 4) is 23.0 Å². The molecule has 0 spiro atoms. The Morgan fingerprint density at radius 1 is 0.800 bits per heavy atom. The molecule has 6 heteroatoms. The standard InChI is InChI=1S/C29H35NO5/c1-29(2,3)23-9-7-8-10-25(23)35-19-22-18-21(12-14-24(22)32-4)28(31)30-16-15-20-11-13-26(33-5)27(17-20)34-6/h7-14,17-18H,15-16,19H2,1-6H3,(H,30,31). The van der Waals surface area contributed by atoms with Crippen molar-refractivity contribution >= 4 is 5.91 Å². The van der Waals surface area contributed by atoms with Crippen molar-refractivity contribution in [2.45, 2.75) is 39.2 Å². The van der Waals surface area contributed by atoms with E-state index in [2.05, 4.69) is 32.2 Å². The van der Waals surface area contributed by atoms with Crippen LogP contribution in [0.4, 0.5) is 0 Å². The van der Waals surface area contributed by atoms with Crippen molar-refractivity contribution in [3.63, 3.8) is 0 Å². The van der Waals surface area contributed by atoms with Gasteiger partial charge in [-0.05, 0) is 59.4 Å². The molecule has 3 aromatic carbocycles. The normalized spacial score (nSPS) is 11.0. The van der Waals surface area contributed by atoms with Gasteiger partial charge in [0.2, 0.25) is 0 Å². The first kappa shape index (κ1) is 25.9. The van der Waals surface area contributed by atoms with Gasteiger partial charge in [-0.2, -0.15) is 0 Å². The third-order valence-corrected chi connectivity index (χ3v) is 5.77. The van der Waals surface area contributed by atoms with Crippen LogP contribution in [-0.4, -0.2) is 33.8 Å². The fourth-order valence-corrected chi connectivity index (χ4v) is 3.86. The number of hydrogen-bond donors (Lipinski definition) is 1. The SMILES string of the molecule is COc1ccc(C(=O)NCCc2ccc(OC)c(OC)c2)cc1COc1ccccc1C(C)(C)C. The van der Waals surface area contributed by atoms with Crippen LogP contribution in [-0.2, 0) is 18.4 Å². The molecule has 35 heavy (non-hydrogen) atoms. The molecule has 6 nitrogen and oxygen atoms in total. The number of carbonyl (C=O) groups excluding carboxylic acids is 1. The van der Waals surface area contributed by atoms with Crippen LogP contribution in [0, 0.1) is 0 Å². The molecule has 0 aromatic heterocycles. The fourth-order valence-electron chi connectivity index (χ4n) is 3.86. The van der Waals surface area contributed by atoms with Crippen LogP contribution < -0.4 is 24.3 Å². The summed E-state index contributed by atoms with van der Waals surface area (Å²) in [5.41, 5.74) is 3.49. The van der Waals surface area contributed by atoms with Gasteiger partial charge >= 0.3 is 0 Å². The minimum absolute atomic E-state index is 0.0453. The molecular weight excluding hydrogens is 442 g/mol. The Morgan fingerprint density at radius 3 is 2.17 bits per heavy atom. The summed E-state index contributed by atoms with van der Waals surface area (Å²) in [4.78, 5) is 12.8. The van der Waals surface area contributed by atoms with Gasteiger partial charge in [0.05, 0.1) is 21.3 Å². The van der Waals surface area contributed by atoms with E-state index in [-0.39, 0.29) is 11.3 Å². The van der Waals surface area contributed by atoms with Crippen LogP contribution in [0.5, 0.6) is 23.0 Å². The molecule has 0 unspecified atom stereocenters. The molecule has 0 aliphatic rings. The number of hydrogen-bond acceptors (Lipinski definition) is 5. The summed E-state index contributed by atoms with van der Waals surface area (Å²) >= 11 is 0. The average molecular weight is 478 g/mol. The van der Waals surface area contributed by atoms with Gasteiger partial charge in [-0.3, -0.25) is 4.79 Å². The highest BCUT2D eigenvalue weighted by Crippen LogP contribution is 2.32. The number of nitrogens with one attached hydrogen (secondary N) is 1. The number of ether oxygens (including phenoxy) is 4. The van der Waals surface area contributed by atoms with E-state index in [1.807, 2.05) is 42.5 Å². The second-order valence-corrected chi connectivity index (χ2v) is 9.26. The number of para-hydroxylation sites is 1. The highest BCUT2D eigenvalue weighted by atomic mass is 16.5. The number of benzene rings is 3. The monoisotopic (exact) mass is 477 g/mol. The third kappa shape index (κ3) is 6.69. The summed E-state index contributed by atoms with van der Waals surface area (Å²) in [7, 11) is 4.83. The van der Waals surface area contributed by atoms with Crippen LogP contribution >= 0.6 is 0 Å². The lowest BCUT2D eigenvalue weighted by Gasteiger charge is -2.23. The topological polar surface area (TPSA) is 66.0 Å². The smallest absolute Gasteiger partial charge is 0.251 e. The Balaban J connectivity index is 1.66. The van der Waals surface area contributed by atoms with E-state index >= 15 is 0 Å². The Kier molecular flexibility index (Phi) is 8.63. The van der Waals surface area contributed by atoms with Gasteiger partial charge in [0.25, 0.3) is 5.91 Å². The van der Waals surface area contributed by atoms with Gasteiger partial charge in [-0.25, -0.2) is 0 Å². The molecule has 3 aromatic rings. The lowest BCUT2D eigenvalue weighted by Crippen LogP contribution is -2.25. The van der Waals surface area contributed by atoms with Gasteiger partial charge in [0.15, 0.2) is 11.5 Å². The predicted molar refractivity (Wildman–Crippen MR) is 138 cm³/mol. The van der Waals surface area contributed by atoms with Crippen molar-refractivity contribution in [2.24, 2.45) is 0 Å². The maximum Gasteiger partial charge on any atom is 0.251 e. The van der Waals surface area contributed by atoms with Crippen LogP contribution in [0.25, 0.3) is 0 Å². The first-order chi connectivity index (χ1) is 16.8. The van der Waals surface area contributed by atoms with E-state index in [4.69, 9.17) is 18.9 Å². The molecule has 0 aliphatic carbocycles. The summed E-state index contributed by atoms with van der Waals surface area (Å²) in [6, 6.07) is 19.2. The zero-order chi connectivity index (χ0) is 25.4. The predicted octanol–water partition coefficient (Wildman–Crippen LogP) is 5.56. The quantitative estimate of drug-likeness (QED) is 0.414. The molecule has 0 aliphatic heterocycles. The second kappa shape index (κ2) is 11.6. The average Bonchev–Trinajstić information content (AvgIpc) is 2.86. The summed E-state index contributed by atoms with van der Waals surface area (Å²) < 4.78 is 22.3. The summed E-state index contributed by atoms with van der Waals surface area (Å²) in [6.07, 6.45) is 0.668. The highest BCUT2D eigenvalue weighted by molar-refractivity contribution is 5.94. The molecule has 3 rings (SSSR count). The number of methoxy groups -OCH3 is 3. The van der Waals surface area contributed by atoms with Crippen molar-refractivity contribution < 1.29 is 23.7 Å². The van der Waals surface area contributed by atoms with E-state index in [9.17, 15) is 4.79 Å². The molecule has 0 radical (unpaired) electrons. The van der Waals surface area contributed by atoms with E-state index in [1.54, 1.807) is 33.5 Å². The van der Waals surface area contributed by atoms with Crippen LogP contribution in [0.15, 0.2) is 60.7 Å². The Labute approximate surface area is 208 Å². The largest absolute Gasteiger partial charge is 0.496 e. The zero-order valence-corrected chi connectivity index (χ0v) is 21.4. The fraction of sp³-hybridized carbons (Fsp3) is 0.345. The van der Waals surface area contributed by atoms with Crippen molar-refractivity contribution in [1.82, 2.24) is 5.32 Å². The van der Waals surface area contributed by atoms with Crippen LogP contribution in [0.1, 0.15) is 47.8 Å². The molecule has 0 fully saturated rings. The molecule has 0 saturated heterocycles. The number of carbonyl (C=O) groups is 1. The lowest BCUT2D eigenvalue weighted by atomic mass is 9.86. The first-order valence-electron chi connectivity index (χ1n) is 11.6. The number of rotatable bonds is 10. The number of amides is 1. The molecule has 1 N–H and O–H groups in total. The van der Waals surface area contributed by atoms with Crippen LogP contribution in [0.3, 0.4) is 0 Å². The third-order valence-electron chi connectivity index (χ3n) is 5.77. The molecule has 0 heterocycles. The minimum atomic E-state index is -0.149. The van der Waals surface area contributed by atoms with Gasteiger partial charge in [-0.15, -0.1) is 0 Å². The van der Waals surface area contributed by atoms with E-state index in [1.165, 1.54) is 0 Å². The molecule has 1 amide bonds. The van der Waals surface area contributed by atoms with Gasteiger partial charge in [-0.1, -0.05) is 45.0 Å². The van der Waals surface area contributed by atoms with Gasteiger partial charge in [0, 0.05) is 17.7 Å². The minimum Gasteiger partial charge on any atom is -0.496 e. The Morgan fingerprint density at radius 2 is 1.49 bits per heavy atom. The molecular formula is C29H35NO5. The molecule has 186 valence electrons. The maximum atomic E-state index is 12.8. The first-order valence-corrected chi connectivity index (χ1v) is 11.6. The van der Waals surface area contributed by atoms with Crippen molar-refractivity contribution in [1.29, 1.82) is 0 Å². The summed E-state index contributed by atoms with van der Waals surface area (Å²) in [5, 5.41) is 2.99.